The average molecular weight is 229 g/mol. The average Bonchev–Trinajstić information content (AvgIpc) is 2.70. The van der Waals surface area contributed by atoms with Gasteiger partial charge >= 0.3 is 0 Å². The van der Waals surface area contributed by atoms with E-state index in [1.807, 2.05) is 13.1 Å². The molecule has 1 aromatic rings. The predicted octanol–water partition coefficient (Wildman–Crippen LogP) is 0.761. The summed E-state index contributed by atoms with van der Waals surface area (Å²) in [4.78, 5) is 4.10. The summed E-state index contributed by atoms with van der Waals surface area (Å²) in [7, 11) is -0.695. The van der Waals surface area contributed by atoms with Gasteiger partial charge in [0.2, 0.25) is 0 Å². The molecule has 0 amide bonds. The third-order valence-electron chi connectivity index (χ3n) is 2.24. The van der Waals surface area contributed by atoms with E-state index in [4.69, 9.17) is 0 Å². The Morgan fingerprint density at radius 1 is 1.53 bits per heavy atom. The Bertz CT molecular complexity index is 311. The first-order chi connectivity index (χ1) is 7.27. The largest absolute Gasteiger partial charge is 0.332 e. The van der Waals surface area contributed by atoms with Crippen LogP contribution in [0.4, 0.5) is 0 Å². The minimum absolute atomic E-state index is 0.695. The van der Waals surface area contributed by atoms with Crippen LogP contribution in [-0.4, -0.2) is 31.8 Å². The molecule has 0 bridgehead atoms. The Morgan fingerprint density at radius 3 is 3.00 bits per heavy atom. The first-order valence-electron chi connectivity index (χ1n) is 5.32. The number of nitrogens with zero attached hydrogens (tertiary/aromatic N) is 2. The zero-order chi connectivity index (χ0) is 11.1. The normalized spacial score (nSPS) is 12.9. The molecule has 1 aromatic heterocycles. The Labute approximate surface area is 93.5 Å². The molecule has 1 heterocycles. The number of aromatic nitrogens is 2. The van der Waals surface area contributed by atoms with Crippen molar-refractivity contribution in [2.24, 2.45) is 0 Å². The molecule has 0 saturated carbocycles. The van der Waals surface area contributed by atoms with Gasteiger partial charge in [0.25, 0.3) is 0 Å². The minimum Gasteiger partial charge on any atom is -0.332 e. The van der Waals surface area contributed by atoms with E-state index in [0.717, 1.165) is 31.1 Å². The molecule has 1 rings (SSSR count). The van der Waals surface area contributed by atoms with Crippen molar-refractivity contribution in [3.63, 3.8) is 0 Å². The Morgan fingerprint density at radius 2 is 2.33 bits per heavy atom. The second-order valence-corrected chi connectivity index (χ2v) is 5.16. The summed E-state index contributed by atoms with van der Waals surface area (Å²) in [6.07, 6.45) is 3.66. The lowest BCUT2D eigenvalue weighted by Gasteiger charge is -2.07. The molecule has 0 aliphatic carbocycles. The fraction of sp³-hybridized carbons (Fsp3) is 0.700. The molecule has 86 valence electrons. The van der Waals surface area contributed by atoms with Crippen molar-refractivity contribution in [2.45, 2.75) is 26.9 Å². The van der Waals surface area contributed by atoms with Gasteiger partial charge in [-0.15, -0.1) is 0 Å². The van der Waals surface area contributed by atoms with Crippen LogP contribution in [0.2, 0.25) is 0 Å². The summed E-state index contributed by atoms with van der Waals surface area (Å²) >= 11 is 0. The third kappa shape index (κ3) is 4.13. The molecule has 5 heteroatoms. The minimum atomic E-state index is -0.695. The molecule has 1 atom stereocenters. The van der Waals surface area contributed by atoms with E-state index in [-0.39, 0.29) is 0 Å². The monoisotopic (exact) mass is 229 g/mol. The highest BCUT2D eigenvalue weighted by atomic mass is 32.2. The third-order valence-corrected chi connectivity index (χ3v) is 3.52. The molecule has 1 N–H and O–H groups in total. The van der Waals surface area contributed by atoms with Crippen LogP contribution in [0.1, 0.15) is 19.5 Å². The number of hydrogen-bond donors (Lipinski definition) is 1. The molecule has 0 aliphatic rings. The van der Waals surface area contributed by atoms with E-state index < -0.39 is 10.8 Å². The predicted molar refractivity (Wildman–Crippen MR) is 63.2 cm³/mol. The van der Waals surface area contributed by atoms with Gasteiger partial charge in [0, 0.05) is 41.6 Å². The lowest BCUT2D eigenvalue weighted by Crippen LogP contribution is -2.17. The maximum atomic E-state index is 11.3. The van der Waals surface area contributed by atoms with Gasteiger partial charge in [-0.05, 0) is 6.54 Å². The zero-order valence-corrected chi connectivity index (χ0v) is 10.2. The van der Waals surface area contributed by atoms with E-state index in [0.29, 0.717) is 5.75 Å². The van der Waals surface area contributed by atoms with E-state index in [2.05, 4.69) is 21.8 Å². The summed E-state index contributed by atoms with van der Waals surface area (Å²) in [5.74, 6) is 1.45. The first-order valence-corrected chi connectivity index (χ1v) is 6.81. The first kappa shape index (κ1) is 12.4. The molecule has 15 heavy (non-hydrogen) atoms. The maximum Gasteiger partial charge on any atom is 0.0948 e. The van der Waals surface area contributed by atoms with E-state index >= 15 is 0 Å². The van der Waals surface area contributed by atoms with Crippen molar-refractivity contribution < 1.29 is 4.21 Å². The van der Waals surface area contributed by atoms with Crippen LogP contribution in [-0.2, 0) is 23.9 Å². The molecule has 0 aromatic carbocycles. The Balaban J connectivity index is 2.45. The summed E-state index contributed by atoms with van der Waals surface area (Å²) < 4.78 is 13.4. The van der Waals surface area contributed by atoms with E-state index in [1.54, 1.807) is 6.33 Å². The number of hydrogen-bond acceptors (Lipinski definition) is 3. The maximum absolute atomic E-state index is 11.3. The summed E-state index contributed by atoms with van der Waals surface area (Å²) in [6.45, 7) is 6.60. The van der Waals surface area contributed by atoms with Crippen LogP contribution in [0.5, 0.6) is 0 Å². The number of aryl methyl sites for hydroxylation is 1. The molecule has 0 aliphatic heterocycles. The second kappa shape index (κ2) is 6.74. The van der Waals surface area contributed by atoms with Crippen molar-refractivity contribution in [2.75, 3.05) is 18.1 Å². The fourth-order valence-corrected chi connectivity index (χ4v) is 1.98. The number of imidazole rings is 1. The summed E-state index contributed by atoms with van der Waals surface area (Å²) in [5, 5.41) is 3.26. The lowest BCUT2D eigenvalue weighted by atomic mass is 10.4. The van der Waals surface area contributed by atoms with E-state index in [9.17, 15) is 4.21 Å². The number of rotatable bonds is 7. The van der Waals surface area contributed by atoms with Crippen molar-refractivity contribution in [1.82, 2.24) is 14.9 Å². The Hall–Kier alpha value is -0.680. The van der Waals surface area contributed by atoms with Gasteiger partial charge in [-0.2, -0.15) is 0 Å². The van der Waals surface area contributed by atoms with Gasteiger partial charge in [0.05, 0.1) is 12.0 Å². The molecule has 0 saturated heterocycles. The standard InChI is InChI=1S/C10H19N3OS/c1-3-11-7-10-8-12-9-13(10)5-6-15(14)4-2/h8-9,11H,3-7H2,1-2H3. The molecule has 1 unspecified atom stereocenters. The number of nitrogens with one attached hydrogen (secondary N) is 1. The van der Waals surface area contributed by atoms with Gasteiger partial charge in [-0.1, -0.05) is 13.8 Å². The SMILES string of the molecule is CCNCc1cncn1CCS(=O)CC. The summed E-state index contributed by atoms with van der Waals surface area (Å²) in [5.41, 5.74) is 1.16. The van der Waals surface area contributed by atoms with Crippen LogP contribution in [0.3, 0.4) is 0 Å². The van der Waals surface area contributed by atoms with Crippen LogP contribution >= 0.6 is 0 Å². The molecular formula is C10H19N3OS. The Kier molecular flexibility index (Phi) is 5.57. The molecule has 4 nitrogen and oxygen atoms in total. The van der Waals surface area contributed by atoms with Crippen molar-refractivity contribution in [1.29, 1.82) is 0 Å². The van der Waals surface area contributed by atoms with Gasteiger partial charge in [-0.25, -0.2) is 4.98 Å². The van der Waals surface area contributed by atoms with Crippen molar-refractivity contribution >= 4 is 10.8 Å². The molecular weight excluding hydrogens is 210 g/mol. The smallest absolute Gasteiger partial charge is 0.0948 e. The molecule has 0 spiro atoms. The fourth-order valence-electron chi connectivity index (χ4n) is 1.29. The zero-order valence-electron chi connectivity index (χ0n) is 9.40. The highest BCUT2D eigenvalue weighted by Crippen LogP contribution is 1.99. The highest BCUT2D eigenvalue weighted by molar-refractivity contribution is 7.84. The second-order valence-electron chi connectivity index (χ2n) is 3.29. The van der Waals surface area contributed by atoms with Gasteiger partial charge in [0.1, 0.15) is 0 Å². The van der Waals surface area contributed by atoms with Crippen LogP contribution < -0.4 is 5.32 Å². The lowest BCUT2D eigenvalue weighted by molar-refractivity contribution is 0.639. The van der Waals surface area contributed by atoms with Crippen molar-refractivity contribution in [3.05, 3.63) is 18.2 Å². The van der Waals surface area contributed by atoms with Gasteiger partial charge < -0.3 is 9.88 Å². The van der Waals surface area contributed by atoms with E-state index in [1.165, 1.54) is 0 Å². The molecule has 0 radical (unpaired) electrons. The topological polar surface area (TPSA) is 46.9 Å². The van der Waals surface area contributed by atoms with Gasteiger partial charge in [-0.3, -0.25) is 4.21 Å². The quantitative estimate of drug-likeness (QED) is 0.751. The molecule has 0 fully saturated rings. The van der Waals surface area contributed by atoms with Gasteiger partial charge in [0.15, 0.2) is 0 Å². The highest BCUT2D eigenvalue weighted by Gasteiger charge is 2.02. The van der Waals surface area contributed by atoms with Crippen LogP contribution in [0, 0.1) is 0 Å². The summed E-state index contributed by atoms with van der Waals surface area (Å²) in [6, 6.07) is 0. The van der Waals surface area contributed by atoms with Crippen LogP contribution in [0.25, 0.3) is 0 Å². The van der Waals surface area contributed by atoms with Crippen molar-refractivity contribution in [3.8, 4) is 0 Å². The van der Waals surface area contributed by atoms with Crippen LogP contribution in [0.15, 0.2) is 12.5 Å².